The van der Waals surface area contributed by atoms with Gasteiger partial charge in [0.1, 0.15) is 17.2 Å². The van der Waals surface area contributed by atoms with Crippen LogP contribution in [0.25, 0.3) is 16.7 Å². The maximum Gasteiger partial charge on any atom is 0.129 e. The molecule has 0 radical (unpaired) electrons. The summed E-state index contributed by atoms with van der Waals surface area (Å²) in [5.41, 5.74) is 2.20. The van der Waals surface area contributed by atoms with Crippen molar-refractivity contribution in [3.8, 4) is 5.69 Å². The van der Waals surface area contributed by atoms with Crippen LogP contribution in [0, 0.1) is 5.82 Å². The molecule has 3 aromatic rings. The molecule has 1 aromatic carbocycles. The van der Waals surface area contributed by atoms with Crippen LogP contribution in [0.1, 0.15) is 5.82 Å². The lowest BCUT2D eigenvalue weighted by Gasteiger charge is -2.09. The third kappa shape index (κ3) is 2.07. The molecule has 0 aliphatic rings. The van der Waals surface area contributed by atoms with E-state index in [0.717, 1.165) is 11.0 Å². The normalized spacial score (nSPS) is 11.1. The smallest absolute Gasteiger partial charge is 0.129 e. The zero-order valence-corrected chi connectivity index (χ0v) is 11.2. The van der Waals surface area contributed by atoms with Gasteiger partial charge in [0, 0.05) is 6.20 Å². The van der Waals surface area contributed by atoms with Crippen LogP contribution in [-0.2, 0) is 5.88 Å². The van der Waals surface area contributed by atoms with E-state index in [9.17, 15) is 4.39 Å². The highest BCUT2D eigenvalue weighted by Crippen LogP contribution is 2.27. The fraction of sp³-hybridized carbons (Fsp3) is 0.0769. The van der Waals surface area contributed by atoms with Gasteiger partial charge in [-0.2, -0.15) is 0 Å². The molecule has 0 atom stereocenters. The summed E-state index contributed by atoms with van der Waals surface area (Å²) >= 11 is 12.0. The number of benzene rings is 1. The predicted molar refractivity (Wildman–Crippen MR) is 73.4 cm³/mol. The molecule has 0 unspecified atom stereocenters. The van der Waals surface area contributed by atoms with Gasteiger partial charge in [-0.15, -0.1) is 11.6 Å². The van der Waals surface area contributed by atoms with Gasteiger partial charge in [-0.05, 0) is 24.3 Å². The second-order valence-corrected chi connectivity index (χ2v) is 4.63. The van der Waals surface area contributed by atoms with E-state index in [0.29, 0.717) is 16.5 Å². The number of imidazole rings is 1. The molecule has 0 N–H and O–H groups in total. The SMILES string of the molecule is Fc1ccc(-n2c(CCl)nc3cnccc32)c(Cl)c1. The highest BCUT2D eigenvalue weighted by Gasteiger charge is 2.14. The predicted octanol–water partition coefficient (Wildman–Crippen LogP) is 3.95. The van der Waals surface area contributed by atoms with Crippen LogP contribution in [0.4, 0.5) is 4.39 Å². The number of rotatable bonds is 2. The largest absolute Gasteiger partial charge is 0.294 e. The molecule has 0 bridgehead atoms. The van der Waals surface area contributed by atoms with E-state index >= 15 is 0 Å². The molecule has 0 spiro atoms. The molecule has 2 aromatic heterocycles. The topological polar surface area (TPSA) is 30.7 Å². The monoisotopic (exact) mass is 295 g/mol. The number of nitrogens with zero attached hydrogens (tertiary/aromatic N) is 3. The van der Waals surface area contributed by atoms with Gasteiger partial charge >= 0.3 is 0 Å². The van der Waals surface area contributed by atoms with E-state index in [-0.39, 0.29) is 11.7 Å². The quantitative estimate of drug-likeness (QED) is 0.670. The van der Waals surface area contributed by atoms with Gasteiger partial charge in [-0.3, -0.25) is 9.55 Å². The van der Waals surface area contributed by atoms with Crippen LogP contribution in [0.2, 0.25) is 5.02 Å². The minimum Gasteiger partial charge on any atom is -0.294 e. The van der Waals surface area contributed by atoms with Gasteiger partial charge in [-0.1, -0.05) is 11.6 Å². The Balaban J connectivity index is 2.34. The van der Waals surface area contributed by atoms with Crippen LogP contribution < -0.4 is 0 Å². The second-order valence-electron chi connectivity index (χ2n) is 3.96. The Hall–Kier alpha value is -1.65. The summed E-state index contributed by atoms with van der Waals surface area (Å²) in [5, 5.41) is 0.308. The molecule has 0 aliphatic heterocycles. The van der Waals surface area contributed by atoms with E-state index in [1.807, 2.05) is 10.6 Å². The van der Waals surface area contributed by atoms with Gasteiger partial charge in [0.15, 0.2) is 0 Å². The Labute approximate surface area is 118 Å². The molecule has 0 saturated heterocycles. The van der Waals surface area contributed by atoms with Crippen molar-refractivity contribution in [1.29, 1.82) is 0 Å². The molecule has 3 nitrogen and oxygen atoms in total. The van der Waals surface area contributed by atoms with Gasteiger partial charge in [0.2, 0.25) is 0 Å². The number of hydrogen-bond acceptors (Lipinski definition) is 2. The fourth-order valence-electron chi connectivity index (χ4n) is 2.00. The van der Waals surface area contributed by atoms with E-state index < -0.39 is 0 Å². The molecular formula is C13H8Cl2FN3. The van der Waals surface area contributed by atoms with Crippen LogP contribution in [0.3, 0.4) is 0 Å². The van der Waals surface area contributed by atoms with Gasteiger partial charge in [-0.25, -0.2) is 9.37 Å². The Morgan fingerprint density at radius 2 is 2.11 bits per heavy atom. The molecule has 0 saturated carbocycles. The lowest BCUT2D eigenvalue weighted by atomic mass is 10.3. The van der Waals surface area contributed by atoms with E-state index in [2.05, 4.69) is 9.97 Å². The highest BCUT2D eigenvalue weighted by molar-refractivity contribution is 6.32. The Kier molecular flexibility index (Phi) is 3.12. The lowest BCUT2D eigenvalue weighted by Crippen LogP contribution is -2.00. The average Bonchev–Trinajstić information content (AvgIpc) is 2.77. The molecule has 2 heterocycles. The van der Waals surface area contributed by atoms with Crippen LogP contribution >= 0.6 is 23.2 Å². The summed E-state index contributed by atoms with van der Waals surface area (Å²) in [6.07, 6.45) is 3.31. The molecule has 0 fully saturated rings. The maximum absolute atomic E-state index is 13.1. The molecule has 3 rings (SSSR count). The number of alkyl halides is 1. The van der Waals surface area contributed by atoms with Gasteiger partial charge in [0.05, 0.1) is 28.3 Å². The summed E-state index contributed by atoms with van der Waals surface area (Å²) in [5.74, 6) is 0.480. The van der Waals surface area contributed by atoms with Crippen molar-refractivity contribution in [3.63, 3.8) is 0 Å². The first-order valence-corrected chi connectivity index (χ1v) is 6.44. The minimum atomic E-state index is -0.382. The molecular weight excluding hydrogens is 288 g/mol. The molecule has 96 valence electrons. The summed E-state index contributed by atoms with van der Waals surface area (Å²) in [7, 11) is 0. The summed E-state index contributed by atoms with van der Waals surface area (Å²) in [6.45, 7) is 0. The molecule has 19 heavy (non-hydrogen) atoms. The Morgan fingerprint density at radius 1 is 1.26 bits per heavy atom. The first-order valence-electron chi connectivity index (χ1n) is 5.53. The van der Waals surface area contributed by atoms with Gasteiger partial charge in [0.25, 0.3) is 0 Å². The van der Waals surface area contributed by atoms with Crippen LogP contribution in [-0.4, -0.2) is 14.5 Å². The fourth-order valence-corrected chi connectivity index (χ4v) is 2.43. The third-order valence-corrected chi connectivity index (χ3v) is 3.34. The number of hydrogen-bond donors (Lipinski definition) is 0. The zero-order chi connectivity index (χ0) is 13.4. The van der Waals surface area contributed by atoms with Crippen molar-refractivity contribution in [2.24, 2.45) is 0 Å². The molecule has 0 amide bonds. The molecule has 6 heteroatoms. The average molecular weight is 296 g/mol. The third-order valence-electron chi connectivity index (χ3n) is 2.80. The Bertz CT molecular complexity index is 755. The van der Waals surface area contributed by atoms with Crippen molar-refractivity contribution in [3.05, 3.63) is 53.3 Å². The number of aromatic nitrogens is 3. The molecule has 0 aliphatic carbocycles. The number of fused-ring (bicyclic) bond motifs is 1. The van der Waals surface area contributed by atoms with E-state index in [1.54, 1.807) is 18.5 Å². The second kappa shape index (κ2) is 4.79. The first-order chi connectivity index (χ1) is 9.20. The van der Waals surface area contributed by atoms with Crippen molar-refractivity contribution >= 4 is 34.2 Å². The van der Waals surface area contributed by atoms with Crippen molar-refractivity contribution in [2.45, 2.75) is 5.88 Å². The van der Waals surface area contributed by atoms with Crippen molar-refractivity contribution in [2.75, 3.05) is 0 Å². The van der Waals surface area contributed by atoms with Crippen molar-refractivity contribution in [1.82, 2.24) is 14.5 Å². The minimum absolute atomic E-state index is 0.225. The summed E-state index contributed by atoms with van der Waals surface area (Å²) in [6, 6.07) is 6.04. The first kappa shape index (κ1) is 12.4. The number of pyridine rings is 1. The Morgan fingerprint density at radius 3 is 2.84 bits per heavy atom. The highest BCUT2D eigenvalue weighted by atomic mass is 35.5. The van der Waals surface area contributed by atoms with E-state index in [1.165, 1.54) is 12.1 Å². The maximum atomic E-state index is 13.1. The van der Waals surface area contributed by atoms with Gasteiger partial charge < -0.3 is 0 Å². The summed E-state index contributed by atoms with van der Waals surface area (Å²) in [4.78, 5) is 8.41. The lowest BCUT2D eigenvalue weighted by molar-refractivity contribution is 0.627. The van der Waals surface area contributed by atoms with Crippen LogP contribution in [0.15, 0.2) is 36.7 Å². The summed E-state index contributed by atoms with van der Waals surface area (Å²) < 4.78 is 15.0. The number of halogens is 3. The van der Waals surface area contributed by atoms with Crippen molar-refractivity contribution < 1.29 is 4.39 Å². The zero-order valence-electron chi connectivity index (χ0n) is 9.65. The standard InChI is InChI=1S/C13H8Cl2FN3/c14-6-13-18-10-7-17-4-3-12(10)19(13)11-2-1-8(16)5-9(11)15/h1-5,7H,6H2. The van der Waals surface area contributed by atoms with E-state index in [4.69, 9.17) is 23.2 Å². The van der Waals surface area contributed by atoms with Crippen LogP contribution in [0.5, 0.6) is 0 Å².